The number of nitrogens with two attached hydrogens (primary N) is 1. The molecule has 1 fully saturated rings. The van der Waals surface area contributed by atoms with Gasteiger partial charge in [0, 0.05) is 30.5 Å². The van der Waals surface area contributed by atoms with Crippen LogP contribution in [0.3, 0.4) is 0 Å². The standard InChI is InChI=1S/C16H24BrN3O/c1-12(21)19-11-13-6-8-20(9-7-13)16(10-18)14-4-2-3-5-15(14)17/h2-5,13,16H,6-11,18H2,1H3,(H,19,21). The Morgan fingerprint density at radius 2 is 2.10 bits per heavy atom. The summed E-state index contributed by atoms with van der Waals surface area (Å²) in [5.41, 5.74) is 7.28. The quantitative estimate of drug-likeness (QED) is 0.853. The lowest BCUT2D eigenvalue weighted by Crippen LogP contribution is -2.42. The first-order valence-electron chi connectivity index (χ1n) is 7.54. The first-order valence-corrected chi connectivity index (χ1v) is 8.34. The van der Waals surface area contributed by atoms with E-state index in [1.807, 2.05) is 6.07 Å². The van der Waals surface area contributed by atoms with Crippen LogP contribution >= 0.6 is 15.9 Å². The molecule has 2 rings (SSSR count). The van der Waals surface area contributed by atoms with E-state index in [0.29, 0.717) is 12.5 Å². The number of halogens is 1. The Hall–Kier alpha value is -0.910. The van der Waals surface area contributed by atoms with Crippen molar-refractivity contribution in [1.82, 2.24) is 10.2 Å². The maximum Gasteiger partial charge on any atom is 0.216 e. The number of nitrogens with zero attached hydrogens (tertiary/aromatic N) is 1. The average Bonchev–Trinajstić information content (AvgIpc) is 2.49. The lowest BCUT2D eigenvalue weighted by molar-refractivity contribution is -0.119. The largest absolute Gasteiger partial charge is 0.356 e. The predicted octanol–water partition coefficient (Wildman–Crippen LogP) is 2.30. The van der Waals surface area contributed by atoms with Crippen molar-refractivity contribution >= 4 is 21.8 Å². The zero-order valence-electron chi connectivity index (χ0n) is 12.5. The van der Waals surface area contributed by atoms with Crippen LogP contribution in [0.15, 0.2) is 28.7 Å². The fourth-order valence-electron chi connectivity index (χ4n) is 2.97. The molecule has 5 heteroatoms. The Kier molecular flexibility index (Phi) is 6.21. The normalized spacial score (nSPS) is 18.4. The molecule has 1 heterocycles. The van der Waals surface area contributed by atoms with E-state index in [4.69, 9.17) is 5.73 Å². The van der Waals surface area contributed by atoms with Gasteiger partial charge < -0.3 is 11.1 Å². The second kappa shape index (κ2) is 7.92. The summed E-state index contributed by atoms with van der Waals surface area (Å²) in [4.78, 5) is 13.4. The topological polar surface area (TPSA) is 58.4 Å². The number of hydrogen-bond donors (Lipinski definition) is 2. The van der Waals surface area contributed by atoms with Crippen molar-refractivity contribution < 1.29 is 4.79 Å². The fourth-order valence-corrected chi connectivity index (χ4v) is 3.52. The number of rotatable bonds is 5. The highest BCUT2D eigenvalue weighted by Gasteiger charge is 2.26. The summed E-state index contributed by atoms with van der Waals surface area (Å²) in [6.45, 7) is 5.07. The Labute approximate surface area is 135 Å². The van der Waals surface area contributed by atoms with E-state index in [-0.39, 0.29) is 11.9 Å². The number of benzene rings is 1. The van der Waals surface area contributed by atoms with Gasteiger partial charge in [0.15, 0.2) is 0 Å². The van der Waals surface area contributed by atoms with Crippen molar-refractivity contribution in [2.24, 2.45) is 11.7 Å². The monoisotopic (exact) mass is 353 g/mol. The van der Waals surface area contributed by atoms with E-state index in [0.717, 1.165) is 36.9 Å². The van der Waals surface area contributed by atoms with Gasteiger partial charge in [0.25, 0.3) is 0 Å². The molecular weight excluding hydrogens is 330 g/mol. The third-order valence-electron chi connectivity index (χ3n) is 4.22. The molecule has 1 aromatic rings. The first-order chi connectivity index (χ1) is 10.1. The van der Waals surface area contributed by atoms with Gasteiger partial charge in [-0.3, -0.25) is 9.69 Å². The van der Waals surface area contributed by atoms with Gasteiger partial charge in [-0.1, -0.05) is 34.1 Å². The molecule has 1 unspecified atom stereocenters. The molecule has 116 valence electrons. The summed E-state index contributed by atoms with van der Waals surface area (Å²) in [6.07, 6.45) is 2.22. The SMILES string of the molecule is CC(=O)NCC1CCN(C(CN)c2ccccc2Br)CC1. The first kappa shape index (κ1) is 16.5. The van der Waals surface area contributed by atoms with Crippen LogP contribution in [-0.4, -0.2) is 37.0 Å². The Balaban J connectivity index is 1.94. The van der Waals surface area contributed by atoms with E-state index in [1.54, 1.807) is 6.92 Å². The summed E-state index contributed by atoms with van der Waals surface area (Å²) >= 11 is 3.63. The van der Waals surface area contributed by atoms with Gasteiger partial charge in [0.1, 0.15) is 0 Å². The second-order valence-electron chi connectivity index (χ2n) is 5.69. The van der Waals surface area contributed by atoms with Crippen LogP contribution in [0.25, 0.3) is 0 Å². The van der Waals surface area contributed by atoms with Gasteiger partial charge in [0.2, 0.25) is 5.91 Å². The van der Waals surface area contributed by atoms with E-state index in [2.05, 4.69) is 44.3 Å². The van der Waals surface area contributed by atoms with Crippen LogP contribution in [0.4, 0.5) is 0 Å². The Morgan fingerprint density at radius 1 is 1.43 bits per heavy atom. The molecule has 1 atom stereocenters. The maximum atomic E-state index is 11.0. The van der Waals surface area contributed by atoms with Crippen molar-refractivity contribution in [3.05, 3.63) is 34.3 Å². The van der Waals surface area contributed by atoms with Gasteiger partial charge in [-0.25, -0.2) is 0 Å². The highest BCUT2D eigenvalue weighted by molar-refractivity contribution is 9.10. The number of nitrogens with one attached hydrogen (secondary N) is 1. The van der Waals surface area contributed by atoms with Crippen LogP contribution in [0.2, 0.25) is 0 Å². The molecule has 1 amide bonds. The molecule has 1 aliphatic heterocycles. The van der Waals surface area contributed by atoms with Gasteiger partial charge in [-0.2, -0.15) is 0 Å². The van der Waals surface area contributed by atoms with Crippen molar-refractivity contribution in [1.29, 1.82) is 0 Å². The minimum absolute atomic E-state index is 0.0606. The molecule has 1 aromatic carbocycles. The van der Waals surface area contributed by atoms with Crippen molar-refractivity contribution in [3.63, 3.8) is 0 Å². The van der Waals surface area contributed by atoms with E-state index in [9.17, 15) is 4.79 Å². The zero-order valence-corrected chi connectivity index (χ0v) is 14.1. The lowest BCUT2D eigenvalue weighted by atomic mass is 9.94. The van der Waals surface area contributed by atoms with Gasteiger partial charge in [0.05, 0.1) is 0 Å². The smallest absolute Gasteiger partial charge is 0.216 e. The summed E-state index contributed by atoms with van der Waals surface area (Å²) < 4.78 is 1.13. The number of hydrogen-bond acceptors (Lipinski definition) is 3. The van der Waals surface area contributed by atoms with Crippen molar-refractivity contribution in [2.75, 3.05) is 26.2 Å². The maximum absolute atomic E-state index is 11.0. The number of amides is 1. The highest BCUT2D eigenvalue weighted by Crippen LogP contribution is 2.30. The Bertz CT molecular complexity index is 472. The van der Waals surface area contributed by atoms with E-state index >= 15 is 0 Å². The minimum atomic E-state index is 0.0606. The highest BCUT2D eigenvalue weighted by atomic mass is 79.9. The molecule has 0 saturated carbocycles. The molecular formula is C16H24BrN3O. The number of carbonyl (C=O) groups is 1. The lowest BCUT2D eigenvalue weighted by Gasteiger charge is -2.37. The number of piperidine rings is 1. The summed E-state index contributed by atoms with van der Waals surface area (Å²) in [6, 6.07) is 8.57. The fraction of sp³-hybridized carbons (Fsp3) is 0.562. The third kappa shape index (κ3) is 4.53. The number of likely N-dealkylation sites (tertiary alicyclic amines) is 1. The molecule has 1 aliphatic rings. The third-order valence-corrected chi connectivity index (χ3v) is 4.94. The molecule has 4 nitrogen and oxygen atoms in total. The minimum Gasteiger partial charge on any atom is -0.356 e. The zero-order chi connectivity index (χ0) is 15.2. The molecule has 0 bridgehead atoms. The second-order valence-corrected chi connectivity index (χ2v) is 6.54. The summed E-state index contributed by atoms with van der Waals surface area (Å²) in [7, 11) is 0. The molecule has 0 spiro atoms. The summed E-state index contributed by atoms with van der Waals surface area (Å²) in [5, 5.41) is 2.92. The van der Waals surface area contributed by atoms with Gasteiger partial charge in [-0.05, 0) is 43.5 Å². The van der Waals surface area contributed by atoms with Crippen LogP contribution in [0.1, 0.15) is 31.4 Å². The molecule has 0 aromatic heterocycles. The molecule has 0 radical (unpaired) electrons. The van der Waals surface area contributed by atoms with Crippen molar-refractivity contribution in [2.45, 2.75) is 25.8 Å². The molecule has 1 saturated heterocycles. The van der Waals surface area contributed by atoms with E-state index < -0.39 is 0 Å². The van der Waals surface area contributed by atoms with Crippen LogP contribution in [0, 0.1) is 5.92 Å². The van der Waals surface area contributed by atoms with Crippen LogP contribution in [0.5, 0.6) is 0 Å². The molecule has 3 N–H and O–H groups in total. The molecule has 21 heavy (non-hydrogen) atoms. The van der Waals surface area contributed by atoms with Crippen molar-refractivity contribution in [3.8, 4) is 0 Å². The average molecular weight is 354 g/mol. The predicted molar refractivity (Wildman–Crippen MR) is 88.9 cm³/mol. The van der Waals surface area contributed by atoms with E-state index in [1.165, 1.54) is 5.56 Å². The Morgan fingerprint density at radius 3 is 2.67 bits per heavy atom. The van der Waals surface area contributed by atoms with Crippen LogP contribution < -0.4 is 11.1 Å². The van der Waals surface area contributed by atoms with Gasteiger partial charge in [-0.15, -0.1) is 0 Å². The number of carbonyl (C=O) groups excluding carboxylic acids is 1. The summed E-state index contributed by atoms with van der Waals surface area (Å²) in [5.74, 6) is 0.647. The van der Waals surface area contributed by atoms with Gasteiger partial charge >= 0.3 is 0 Å². The van der Waals surface area contributed by atoms with Crippen LogP contribution in [-0.2, 0) is 4.79 Å². The molecule has 0 aliphatic carbocycles.